The molecule has 7 nitrogen and oxygen atoms in total. The zero-order valence-corrected chi connectivity index (χ0v) is 10.0. The number of thioether (sulfide) groups is 1. The smallest absolute Gasteiger partial charge is 0.225 e. The molecule has 0 aliphatic heterocycles. The maximum atomic E-state index is 5.46. The molecule has 2 rings (SSSR count). The molecule has 0 fully saturated rings. The number of anilines is 2. The predicted molar refractivity (Wildman–Crippen MR) is 62.9 cm³/mol. The van der Waals surface area contributed by atoms with E-state index in [1.165, 1.54) is 23.1 Å². The largest absolute Gasteiger partial charge is 0.368 e. The third-order valence-corrected chi connectivity index (χ3v) is 3.52. The van der Waals surface area contributed by atoms with Gasteiger partial charge in [-0.05, 0) is 6.92 Å². The van der Waals surface area contributed by atoms with Crippen molar-refractivity contribution in [3.63, 3.8) is 0 Å². The lowest BCUT2D eigenvalue weighted by atomic mass is 10.7. The third-order valence-electron chi connectivity index (χ3n) is 1.55. The van der Waals surface area contributed by atoms with E-state index in [9.17, 15) is 0 Å². The molecule has 0 saturated carbocycles. The summed E-state index contributed by atoms with van der Waals surface area (Å²) in [6.07, 6.45) is 0. The van der Waals surface area contributed by atoms with E-state index in [-0.39, 0.29) is 11.9 Å². The first-order valence-corrected chi connectivity index (χ1v) is 6.12. The average Bonchev–Trinajstić information content (AvgIpc) is 2.60. The molecule has 9 heteroatoms. The highest BCUT2D eigenvalue weighted by Crippen LogP contribution is 2.24. The van der Waals surface area contributed by atoms with E-state index in [1.54, 1.807) is 0 Å². The topological polar surface area (TPSA) is 116 Å². The van der Waals surface area contributed by atoms with Crippen LogP contribution in [0.2, 0.25) is 0 Å². The molecule has 0 aliphatic rings. The Morgan fingerprint density at radius 2 is 1.81 bits per heavy atom. The molecule has 0 radical (unpaired) electrons. The van der Waals surface area contributed by atoms with Crippen LogP contribution < -0.4 is 11.5 Å². The van der Waals surface area contributed by atoms with Gasteiger partial charge in [0.05, 0.1) is 5.75 Å². The summed E-state index contributed by atoms with van der Waals surface area (Å²) in [5.41, 5.74) is 10.9. The minimum absolute atomic E-state index is 0.136. The highest BCUT2D eigenvalue weighted by atomic mass is 32.2. The first-order valence-electron chi connectivity index (χ1n) is 4.32. The first-order chi connectivity index (χ1) is 7.63. The van der Waals surface area contributed by atoms with E-state index in [2.05, 4.69) is 25.1 Å². The van der Waals surface area contributed by atoms with Gasteiger partial charge in [0.1, 0.15) is 10.8 Å². The zero-order chi connectivity index (χ0) is 11.5. The Balaban J connectivity index is 2.04. The summed E-state index contributed by atoms with van der Waals surface area (Å²) >= 11 is 3.02. The lowest BCUT2D eigenvalue weighted by Crippen LogP contribution is -2.05. The Labute approximate surface area is 99.7 Å². The number of hydrogen-bond acceptors (Lipinski definition) is 9. The van der Waals surface area contributed by atoms with Gasteiger partial charge in [-0.25, -0.2) is 0 Å². The van der Waals surface area contributed by atoms with Crippen LogP contribution in [0.1, 0.15) is 10.8 Å². The molecule has 0 aliphatic carbocycles. The molecular weight excluding hydrogens is 246 g/mol. The molecule has 2 heterocycles. The highest BCUT2D eigenvalue weighted by Gasteiger charge is 2.05. The highest BCUT2D eigenvalue weighted by molar-refractivity contribution is 8.00. The summed E-state index contributed by atoms with van der Waals surface area (Å²) < 4.78 is 0.870. The normalized spacial score (nSPS) is 10.6. The van der Waals surface area contributed by atoms with Gasteiger partial charge < -0.3 is 11.5 Å². The number of hydrogen-bond donors (Lipinski definition) is 2. The minimum Gasteiger partial charge on any atom is -0.368 e. The fourth-order valence-electron chi connectivity index (χ4n) is 0.984. The Bertz CT molecular complexity index is 477. The Morgan fingerprint density at radius 3 is 2.38 bits per heavy atom. The van der Waals surface area contributed by atoms with Crippen molar-refractivity contribution in [1.82, 2.24) is 25.1 Å². The summed E-state index contributed by atoms with van der Waals surface area (Å²) in [7, 11) is 0. The molecule has 0 bridgehead atoms. The molecule has 0 unspecified atom stereocenters. The van der Waals surface area contributed by atoms with Crippen molar-refractivity contribution in [2.45, 2.75) is 17.0 Å². The maximum Gasteiger partial charge on any atom is 0.225 e. The van der Waals surface area contributed by atoms with Crippen molar-refractivity contribution in [2.24, 2.45) is 0 Å². The van der Waals surface area contributed by atoms with Crippen LogP contribution in [0.5, 0.6) is 0 Å². The summed E-state index contributed by atoms with van der Waals surface area (Å²) in [4.78, 5) is 11.6. The molecule has 4 N–H and O–H groups in total. The Kier molecular flexibility index (Phi) is 3.15. The second kappa shape index (κ2) is 4.58. The zero-order valence-electron chi connectivity index (χ0n) is 8.41. The van der Waals surface area contributed by atoms with Gasteiger partial charge in [-0.1, -0.05) is 23.1 Å². The van der Waals surface area contributed by atoms with Gasteiger partial charge in [0.15, 0.2) is 4.34 Å². The Hall–Kier alpha value is -1.48. The van der Waals surface area contributed by atoms with Crippen LogP contribution >= 0.6 is 23.1 Å². The van der Waals surface area contributed by atoms with E-state index in [4.69, 9.17) is 11.5 Å². The third kappa shape index (κ3) is 2.76. The van der Waals surface area contributed by atoms with Gasteiger partial charge in [0.25, 0.3) is 0 Å². The van der Waals surface area contributed by atoms with Crippen LogP contribution in [0, 0.1) is 6.92 Å². The Morgan fingerprint density at radius 1 is 1.12 bits per heavy atom. The van der Waals surface area contributed by atoms with Crippen LogP contribution in [0.4, 0.5) is 11.9 Å². The second-order valence-corrected chi connectivity index (χ2v) is 5.25. The fraction of sp³-hybridized carbons (Fsp3) is 0.286. The van der Waals surface area contributed by atoms with Gasteiger partial charge in [0.2, 0.25) is 11.9 Å². The molecular formula is C7H9N7S2. The van der Waals surface area contributed by atoms with Crippen LogP contribution in [-0.2, 0) is 5.75 Å². The molecule has 0 spiro atoms. The van der Waals surface area contributed by atoms with Crippen LogP contribution in [0.25, 0.3) is 0 Å². The van der Waals surface area contributed by atoms with Crippen LogP contribution in [0.3, 0.4) is 0 Å². The number of rotatable bonds is 3. The van der Waals surface area contributed by atoms with Crippen molar-refractivity contribution in [1.29, 1.82) is 0 Å². The maximum absolute atomic E-state index is 5.46. The van der Waals surface area contributed by atoms with Gasteiger partial charge in [-0.2, -0.15) is 15.0 Å². The quantitative estimate of drug-likeness (QED) is 0.761. The van der Waals surface area contributed by atoms with Gasteiger partial charge in [0, 0.05) is 0 Å². The SMILES string of the molecule is Cc1nnc(SCc2nc(N)nc(N)n2)s1. The lowest BCUT2D eigenvalue weighted by molar-refractivity contribution is 0.970. The van der Waals surface area contributed by atoms with Crippen molar-refractivity contribution in [3.05, 3.63) is 10.8 Å². The number of nitrogens with two attached hydrogens (primary N) is 2. The summed E-state index contributed by atoms with van der Waals surface area (Å²) in [5, 5.41) is 8.81. The summed E-state index contributed by atoms with van der Waals surface area (Å²) in [6.45, 7) is 1.90. The molecule has 16 heavy (non-hydrogen) atoms. The molecule has 0 aromatic carbocycles. The van der Waals surface area contributed by atoms with Crippen LogP contribution in [-0.4, -0.2) is 25.1 Å². The summed E-state index contributed by atoms with van der Waals surface area (Å²) in [6, 6.07) is 0. The monoisotopic (exact) mass is 255 g/mol. The molecule has 0 saturated heterocycles. The van der Waals surface area contributed by atoms with Gasteiger partial charge in [-0.15, -0.1) is 10.2 Å². The average molecular weight is 255 g/mol. The first kappa shape index (κ1) is 11.0. The summed E-state index contributed by atoms with van der Waals surface area (Å²) in [5.74, 6) is 1.36. The molecule has 84 valence electrons. The standard InChI is InChI=1S/C7H9N7S2/c1-3-13-14-7(16-3)15-2-4-10-5(8)12-6(9)11-4/h2H2,1H3,(H4,8,9,10,11,12). The van der Waals surface area contributed by atoms with E-state index in [1.807, 2.05) is 6.92 Å². The molecule has 0 atom stereocenters. The van der Waals surface area contributed by atoms with Crippen molar-refractivity contribution < 1.29 is 0 Å². The predicted octanol–water partition coefficient (Wildman–Crippen LogP) is 0.488. The number of aryl methyl sites for hydroxylation is 1. The fourth-order valence-corrected chi connectivity index (χ4v) is 2.65. The number of aromatic nitrogens is 5. The van der Waals surface area contributed by atoms with E-state index < -0.39 is 0 Å². The molecule has 0 amide bonds. The minimum atomic E-state index is 0.136. The second-order valence-electron chi connectivity index (χ2n) is 2.84. The van der Waals surface area contributed by atoms with Gasteiger partial charge in [-0.3, -0.25) is 0 Å². The van der Waals surface area contributed by atoms with Crippen molar-refractivity contribution in [3.8, 4) is 0 Å². The molecule has 2 aromatic heterocycles. The number of nitrogen functional groups attached to an aromatic ring is 2. The molecule has 2 aromatic rings. The van der Waals surface area contributed by atoms with Gasteiger partial charge >= 0.3 is 0 Å². The van der Waals surface area contributed by atoms with E-state index in [0.717, 1.165) is 9.35 Å². The van der Waals surface area contributed by atoms with E-state index >= 15 is 0 Å². The number of nitrogens with zero attached hydrogens (tertiary/aromatic N) is 5. The van der Waals surface area contributed by atoms with Crippen LogP contribution in [0.15, 0.2) is 4.34 Å². The lowest BCUT2D eigenvalue weighted by Gasteiger charge is -1.99. The van der Waals surface area contributed by atoms with Crippen molar-refractivity contribution in [2.75, 3.05) is 11.5 Å². The van der Waals surface area contributed by atoms with Crippen molar-refractivity contribution >= 4 is 35.0 Å². The van der Waals surface area contributed by atoms with E-state index in [0.29, 0.717) is 11.6 Å².